The van der Waals surface area contributed by atoms with E-state index in [-0.39, 0.29) is 5.92 Å². The molecule has 1 saturated heterocycles. The molecule has 36 heavy (non-hydrogen) atoms. The van der Waals surface area contributed by atoms with Crippen LogP contribution < -0.4 is 15.4 Å². The van der Waals surface area contributed by atoms with Crippen LogP contribution in [0.2, 0.25) is 0 Å². The minimum atomic E-state index is -0.537. The van der Waals surface area contributed by atoms with Gasteiger partial charge in [-0.25, -0.2) is 9.31 Å². The van der Waals surface area contributed by atoms with Gasteiger partial charge < -0.3 is 19.5 Å². The van der Waals surface area contributed by atoms with Crippen molar-refractivity contribution in [2.45, 2.75) is 13.3 Å². The van der Waals surface area contributed by atoms with E-state index < -0.39 is 6.09 Å². The number of fused-ring (bicyclic) bond motifs is 1. The first kappa shape index (κ1) is 23.2. The second-order valence-electron chi connectivity index (χ2n) is 8.52. The first-order valence-corrected chi connectivity index (χ1v) is 11.6. The van der Waals surface area contributed by atoms with Gasteiger partial charge in [-0.05, 0) is 49.7 Å². The van der Waals surface area contributed by atoms with Gasteiger partial charge in [0.05, 0.1) is 48.1 Å². The van der Waals surface area contributed by atoms with Crippen molar-refractivity contribution >= 4 is 28.7 Å². The van der Waals surface area contributed by atoms with E-state index in [2.05, 4.69) is 21.8 Å². The van der Waals surface area contributed by atoms with Crippen molar-refractivity contribution in [3.8, 4) is 17.6 Å². The van der Waals surface area contributed by atoms with Crippen molar-refractivity contribution < 1.29 is 19.0 Å². The van der Waals surface area contributed by atoms with Gasteiger partial charge in [0.25, 0.3) is 0 Å². The van der Waals surface area contributed by atoms with E-state index in [0.29, 0.717) is 48.0 Å². The standard InChI is InChI=1S/C27H25N5O4/c1-18-24(31-27(33)35-17-19-11-12-34-16-19)15-32-26(18)25(20(13-28)14-29-32)30-21-7-9-23(10-8-21)36-22-5-3-2-4-6-22/h2-10,14-15,19,30H,11-12,16-17H2,1H3,(H,31,33). The molecule has 1 unspecified atom stereocenters. The average molecular weight is 484 g/mol. The number of aryl methyl sites for hydroxylation is 1. The number of benzene rings is 2. The Bertz CT molecular complexity index is 1400. The Balaban J connectivity index is 1.35. The second kappa shape index (κ2) is 10.4. The summed E-state index contributed by atoms with van der Waals surface area (Å²) >= 11 is 0. The van der Waals surface area contributed by atoms with Gasteiger partial charge in [-0.2, -0.15) is 10.4 Å². The van der Waals surface area contributed by atoms with Crippen molar-refractivity contribution in [1.29, 1.82) is 5.26 Å². The molecule has 0 spiro atoms. The number of carbonyl (C=O) groups excluding carboxylic acids is 1. The van der Waals surface area contributed by atoms with Crippen LogP contribution in [0.15, 0.2) is 67.0 Å². The van der Waals surface area contributed by atoms with Crippen LogP contribution in [0.1, 0.15) is 17.5 Å². The van der Waals surface area contributed by atoms with E-state index in [4.69, 9.17) is 14.2 Å². The Morgan fingerprint density at radius 1 is 1.19 bits per heavy atom. The summed E-state index contributed by atoms with van der Waals surface area (Å²) in [4.78, 5) is 12.4. The predicted octanol–water partition coefficient (Wildman–Crippen LogP) is 5.64. The third-order valence-corrected chi connectivity index (χ3v) is 5.99. The Morgan fingerprint density at radius 2 is 1.97 bits per heavy atom. The summed E-state index contributed by atoms with van der Waals surface area (Å²) in [5, 5.41) is 20.2. The maximum atomic E-state index is 12.4. The maximum Gasteiger partial charge on any atom is 0.411 e. The van der Waals surface area contributed by atoms with Crippen LogP contribution in [-0.4, -0.2) is 35.5 Å². The van der Waals surface area contributed by atoms with Crippen molar-refractivity contribution in [1.82, 2.24) is 9.61 Å². The highest BCUT2D eigenvalue weighted by Crippen LogP contribution is 2.33. The summed E-state index contributed by atoms with van der Waals surface area (Å²) in [5.74, 6) is 1.67. The van der Waals surface area contributed by atoms with Crippen molar-refractivity contribution in [2.75, 3.05) is 30.5 Å². The summed E-state index contributed by atoms with van der Waals surface area (Å²) < 4.78 is 18.2. The lowest BCUT2D eigenvalue weighted by Crippen LogP contribution is -2.19. The third kappa shape index (κ3) is 5.09. The molecule has 3 heterocycles. The molecule has 2 N–H and O–H groups in total. The molecule has 0 saturated carbocycles. The quantitative estimate of drug-likeness (QED) is 0.350. The highest BCUT2D eigenvalue weighted by Gasteiger charge is 2.20. The molecule has 0 aliphatic carbocycles. The third-order valence-electron chi connectivity index (χ3n) is 5.99. The van der Waals surface area contributed by atoms with E-state index in [1.165, 1.54) is 6.20 Å². The molecule has 1 aliphatic rings. The van der Waals surface area contributed by atoms with Crippen LogP contribution >= 0.6 is 0 Å². The molecule has 5 rings (SSSR count). The molecular formula is C27H25N5O4. The van der Waals surface area contributed by atoms with Crippen LogP contribution in [0, 0.1) is 24.2 Å². The largest absolute Gasteiger partial charge is 0.457 e. The summed E-state index contributed by atoms with van der Waals surface area (Å²) in [5.41, 5.74) is 3.73. The molecule has 2 aromatic heterocycles. The van der Waals surface area contributed by atoms with Gasteiger partial charge in [0, 0.05) is 23.8 Å². The molecule has 1 aliphatic heterocycles. The number of ether oxygens (including phenoxy) is 3. The predicted molar refractivity (Wildman–Crippen MR) is 135 cm³/mol. The highest BCUT2D eigenvalue weighted by atomic mass is 16.6. The van der Waals surface area contributed by atoms with Crippen molar-refractivity contribution in [3.63, 3.8) is 0 Å². The zero-order valence-electron chi connectivity index (χ0n) is 19.7. The van der Waals surface area contributed by atoms with E-state index in [1.54, 1.807) is 10.7 Å². The van der Waals surface area contributed by atoms with E-state index in [9.17, 15) is 10.1 Å². The fourth-order valence-corrected chi connectivity index (χ4v) is 4.06. The van der Waals surface area contributed by atoms with E-state index in [1.807, 2.05) is 61.5 Å². The molecule has 9 heteroatoms. The van der Waals surface area contributed by atoms with Crippen LogP contribution in [0.4, 0.5) is 21.9 Å². The normalized spacial score (nSPS) is 14.8. The van der Waals surface area contributed by atoms with Gasteiger partial charge in [0.1, 0.15) is 17.6 Å². The fourth-order valence-electron chi connectivity index (χ4n) is 4.06. The monoisotopic (exact) mass is 483 g/mol. The van der Waals surface area contributed by atoms with Gasteiger partial charge >= 0.3 is 6.09 Å². The van der Waals surface area contributed by atoms with Gasteiger partial charge in [-0.15, -0.1) is 0 Å². The second-order valence-corrected chi connectivity index (χ2v) is 8.52. The number of aromatic nitrogens is 2. The lowest BCUT2D eigenvalue weighted by molar-refractivity contribution is 0.127. The fraction of sp³-hybridized carbons (Fsp3) is 0.222. The molecule has 4 aromatic rings. The first-order chi connectivity index (χ1) is 17.6. The molecule has 182 valence electrons. The van der Waals surface area contributed by atoms with Gasteiger partial charge in [0.2, 0.25) is 0 Å². The number of carbonyl (C=O) groups is 1. The number of anilines is 3. The number of hydrogen-bond acceptors (Lipinski definition) is 7. The highest BCUT2D eigenvalue weighted by molar-refractivity contribution is 5.92. The Morgan fingerprint density at radius 3 is 2.69 bits per heavy atom. The average Bonchev–Trinajstić information content (AvgIpc) is 3.53. The molecule has 9 nitrogen and oxygen atoms in total. The van der Waals surface area contributed by atoms with Crippen LogP contribution in [0.5, 0.6) is 11.5 Å². The smallest absolute Gasteiger partial charge is 0.411 e. The number of nitriles is 1. The summed E-state index contributed by atoms with van der Waals surface area (Å²) in [6.45, 7) is 3.48. The molecule has 0 radical (unpaired) electrons. The maximum absolute atomic E-state index is 12.4. The Labute approximate surface area is 208 Å². The number of nitrogens with zero attached hydrogens (tertiary/aromatic N) is 3. The number of nitrogens with one attached hydrogen (secondary N) is 2. The molecule has 2 aromatic carbocycles. The summed E-state index contributed by atoms with van der Waals surface area (Å²) in [6.07, 6.45) is 3.54. The number of amides is 1. The lowest BCUT2D eigenvalue weighted by Gasteiger charge is -2.12. The topological polar surface area (TPSA) is 110 Å². The molecule has 1 fully saturated rings. The number of para-hydroxylation sites is 1. The Kier molecular flexibility index (Phi) is 6.69. The number of hydrogen-bond donors (Lipinski definition) is 2. The minimum Gasteiger partial charge on any atom is -0.457 e. The van der Waals surface area contributed by atoms with Crippen molar-refractivity contribution in [2.24, 2.45) is 5.92 Å². The molecular weight excluding hydrogens is 458 g/mol. The zero-order chi connectivity index (χ0) is 24.9. The van der Waals surface area contributed by atoms with E-state index in [0.717, 1.165) is 23.4 Å². The van der Waals surface area contributed by atoms with Gasteiger partial charge in [-0.3, -0.25) is 5.32 Å². The first-order valence-electron chi connectivity index (χ1n) is 11.6. The lowest BCUT2D eigenvalue weighted by atomic mass is 10.1. The van der Waals surface area contributed by atoms with Gasteiger partial charge in [0.15, 0.2) is 0 Å². The molecule has 1 amide bonds. The minimum absolute atomic E-state index is 0.227. The SMILES string of the molecule is Cc1c(NC(=O)OCC2CCOC2)cn2ncc(C#N)c(Nc3ccc(Oc4ccccc4)cc3)c12. The van der Waals surface area contributed by atoms with Crippen molar-refractivity contribution in [3.05, 3.63) is 78.1 Å². The van der Waals surface area contributed by atoms with Crippen LogP contribution in [0.3, 0.4) is 0 Å². The zero-order valence-corrected chi connectivity index (χ0v) is 19.7. The molecule has 1 atom stereocenters. The number of rotatable bonds is 7. The van der Waals surface area contributed by atoms with Crippen LogP contribution in [0.25, 0.3) is 5.52 Å². The van der Waals surface area contributed by atoms with Crippen LogP contribution in [-0.2, 0) is 9.47 Å². The summed E-state index contributed by atoms with van der Waals surface area (Å²) in [7, 11) is 0. The van der Waals surface area contributed by atoms with E-state index >= 15 is 0 Å². The Hall–Kier alpha value is -4.55. The summed E-state index contributed by atoms with van der Waals surface area (Å²) in [6, 6.07) is 19.2. The van der Waals surface area contributed by atoms with Gasteiger partial charge in [-0.1, -0.05) is 18.2 Å². The molecule has 0 bridgehead atoms.